The third kappa shape index (κ3) is 3.36. The molecule has 1 amide bonds. The average molecular weight is 298 g/mol. The monoisotopic (exact) mass is 298 g/mol. The maximum atomic E-state index is 12.8. The van der Waals surface area contributed by atoms with Crippen LogP contribution in [0.1, 0.15) is 24.4 Å². The number of likely N-dealkylation sites (N-methyl/N-ethyl adjacent to an activating group) is 1. The van der Waals surface area contributed by atoms with Crippen molar-refractivity contribution in [1.29, 1.82) is 0 Å². The SMILES string of the molecule is CN1CCCC(NC(=O)C(c2ccccc2)n2cccn2)C1. The van der Waals surface area contributed by atoms with Gasteiger partial charge in [-0.3, -0.25) is 9.48 Å². The van der Waals surface area contributed by atoms with Gasteiger partial charge in [0.05, 0.1) is 0 Å². The van der Waals surface area contributed by atoms with Crippen LogP contribution in [0, 0.1) is 0 Å². The minimum absolute atomic E-state index is 0.00944. The van der Waals surface area contributed by atoms with E-state index >= 15 is 0 Å². The lowest BCUT2D eigenvalue weighted by atomic mass is 10.0. The van der Waals surface area contributed by atoms with Crippen LogP contribution in [-0.4, -0.2) is 46.8 Å². The van der Waals surface area contributed by atoms with Gasteiger partial charge in [-0.05, 0) is 38.1 Å². The minimum atomic E-state index is -0.413. The van der Waals surface area contributed by atoms with Crippen molar-refractivity contribution in [2.45, 2.75) is 24.9 Å². The van der Waals surface area contributed by atoms with Gasteiger partial charge in [-0.15, -0.1) is 0 Å². The average Bonchev–Trinajstić information content (AvgIpc) is 3.02. The molecule has 5 heteroatoms. The molecule has 22 heavy (non-hydrogen) atoms. The number of hydrogen-bond donors (Lipinski definition) is 1. The standard InChI is InChI=1S/C17H22N4O/c1-20-11-5-9-15(13-20)19-17(22)16(21-12-6-10-18-21)14-7-3-2-4-8-14/h2-4,6-8,10,12,15-16H,5,9,11,13H2,1H3,(H,19,22). The molecule has 2 unspecified atom stereocenters. The second-order valence-corrected chi connectivity index (χ2v) is 5.91. The summed E-state index contributed by atoms with van der Waals surface area (Å²) in [6.07, 6.45) is 5.71. The Morgan fingerprint density at radius 2 is 2.14 bits per heavy atom. The Morgan fingerprint density at radius 3 is 2.82 bits per heavy atom. The molecule has 0 aliphatic carbocycles. The molecular weight excluding hydrogens is 276 g/mol. The smallest absolute Gasteiger partial charge is 0.249 e. The molecule has 0 saturated carbocycles. The van der Waals surface area contributed by atoms with E-state index in [9.17, 15) is 4.79 Å². The van der Waals surface area contributed by atoms with E-state index in [-0.39, 0.29) is 11.9 Å². The lowest BCUT2D eigenvalue weighted by Crippen LogP contribution is -2.48. The van der Waals surface area contributed by atoms with Crippen LogP contribution in [0.25, 0.3) is 0 Å². The topological polar surface area (TPSA) is 50.2 Å². The summed E-state index contributed by atoms with van der Waals surface area (Å²) < 4.78 is 1.72. The number of likely N-dealkylation sites (tertiary alicyclic amines) is 1. The van der Waals surface area contributed by atoms with Gasteiger partial charge in [-0.25, -0.2) is 0 Å². The van der Waals surface area contributed by atoms with Crippen LogP contribution >= 0.6 is 0 Å². The summed E-state index contributed by atoms with van der Waals surface area (Å²) in [4.78, 5) is 15.1. The fourth-order valence-electron chi connectivity index (χ4n) is 3.06. The van der Waals surface area contributed by atoms with Crippen molar-refractivity contribution >= 4 is 5.91 Å². The number of carbonyl (C=O) groups is 1. The van der Waals surface area contributed by atoms with E-state index in [0.29, 0.717) is 0 Å². The van der Waals surface area contributed by atoms with E-state index in [2.05, 4.69) is 22.4 Å². The third-order valence-corrected chi connectivity index (χ3v) is 4.12. The first-order chi connectivity index (χ1) is 10.7. The molecule has 0 bridgehead atoms. The Balaban J connectivity index is 1.79. The summed E-state index contributed by atoms with van der Waals surface area (Å²) in [5.41, 5.74) is 0.952. The molecule has 3 rings (SSSR count). The fraction of sp³-hybridized carbons (Fsp3) is 0.412. The van der Waals surface area contributed by atoms with Crippen molar-refractivity contribution in [3.05, 3.63) is 54.4 Å². The highest BCUT2D eigenvalue weighted by Gasteiger charge is 2.26. The molecule has 1 aromatic carbocycles. The zero-order valence-corrected chi connectivity index (χ0v) is 12.9. The van der Waals surface area contributed by atoms with Crippen LogP contribution in [-0.2, 0) is 4.79 Å². The van der Waals surface area contributed by atoms with Gasteiger partial charge in [0.15, 0.2) is 6.04 Å². The minimum Gasteiger partial charge on any atom is -0.350 e. The number of benzene rings is 1. The van der Waals surface area contributed by atoms with E-state index in [1.807, 2.05) is 42.6 Å². The zero-order chi connectivity index (χ0) is 15.4. The molecule has 2 atom stereocenters. The predicted molar refractivity (Wildman–Crippen MR) is 85.5 cm³/mol. The van der Waals surface area contributed by atoms with Gasteiger partial charge in [0.2, 0.25) is 5.91 Å². The molecule has 116 valence electrons. The summed E-state index contributed by atoms with van der Waals surface area (Å²) in [6.45, 7) is 2.01. The number of hydrogen-bond acceptors (Lipinski definition) is 3. The molecule has 0 radical (unpaired) electrons. The predicted octanol–water partition coefficient (Wildman–Crippen LogP) is 1.68. The van der Waals surface area contributed by atoms with Crippen LogP contribution in [0.3, 0.4) is 0 Å². The highest BCUT2D eigenvalue weighted by atomic mass is 16.2. The number of amides is 1. The van der Waals surface area contributed by atoms with E-state index in [1.165, 1.54) is 0 Å². The largest absolute Gasteiger partial charge is 0.350 e. The summed E-state index contributed by atoms with van der Waals surface area (Å²) in [5.74, 6) is 0.00944. The van der Waals surface area contributed by atoms with Crippen molar-refractivity contribution in [3.8, 4) is 0 Å². The van der Waals surface area contributed by atoms with Crippen LogP contribution in [0.15, 0.2) is 48.8 Å². The molecule has 0 spiro atoms. The summed E-state index contributed by atoms with van der Waals surface area (Å²) in [6, 6.07) is 11.4. The first kappa shape index (κ1) is 14.8. The number of aromatic nitrogens is 2. The van der Waals surface area contributed by atoms with Crippen molar-refractivity contribution in [2.24, 2.45) is 0 Å². The molecule has 1 saturated heterocycles. The highest BCUT2D eigenvalue weighted by molar-refractivity contribution is 5.83. The second kappa shape index (κ2) is 6.75. The molecule has 1 N–H and O–H groups in total. The number of piperidine rings is 1. The highest BCUT2D eigenvalue weighted by Crippen LogP contribution is 2.18. The molecule has 1 aliphatic heterocycles. The van der Waals surface area contributed by atoms with Crippen LogP contribution in [0.2, 0.25) is 0 Å². The molecule has 1 aliphatic rings. The normalized spacial score (nSPS) is 20.5. The van der Waals surface area contributed by atoms with Crippen molar-refractivity contribution < 1.29 is 4.79 Å². The Kier molecular flexibility index (Phi) is 4.53. The Bertz CT molecular complexity index is 596. The second-order valence-electron chi connectivity index (χ2n) is 5.91. The van der Waals surface area contributed by atoms with Crippen LogP contribution in [0.4, 0.5) is 0 Å². The maximum Gasteiger partial charge on any atom is 0.249 e. The summed E-state index contributed by atoms with van der Waals surface area (Å²) >= 11 is 0. The third-order valence-electron chi connectivity index (χ3n) is 4.12. The van der Waals surface area contributed by atoms with Crippen LogP contribution in [0.5, 0.6) is 0 Å². The van der Waals surface area contributed by atoms with Gasteiger partial charge >= 0.3 is 0 Å². The van der Waals surface area contributed by atoms with Gasteiger partial charge in [0.25, 0.3) is 0 Å². The lowest BCUT2D eigenvalue weighted by molar-refractivity contribution is -0.124. The van der Waals surface area contributed by atoms with Gasteiger partial charge in [0.1, 0.15) is 0 Å². The molecular formula is C17H22N4O. The van der Waals surface area contributed by atoms with Crippen molar-refractivity contribution in [3.63, 3.8) is 0 Å². The Hall–Kier alpha value is -2.14. The quantitative estimate of drug-likeness (QED) is 0.934. The van der Waals surface area contributed by atoms with E-state index in [0.717, 1.165) is 31.5 Å². The number of nitrogens with zero attached hydrogens (tertiary/aromatic N) is 3. The number of rotatable bonds is 4. The number of nitrogens with one attached hydrogen (secondary N) is 1. The molecule has 5 nitrogen and oxygen atoms in total. The van der Waals surface area contributed by atoms with Gasteiger partial charge in [-0.1, -0.05) is 30.3 Å². The first-order valence-corrected chi connectivity index (χ1v) is 7.77. The molecule has 1 aromatic heterocycles. The van der Waals surface area contributed by atoms with Crippen molar-refractivity contribution in [1.82, 2.24) is 20.0 Å². The Labute approximate surface area is 130 Å². The fourth-order valence-corrected chi connectivity index (χ4v) is 3.06. The molecule has 1 fully saturated rings. The summed E-state index contributed by atoms with van der Waals surface area (Å²) in [7, 11) is 2.10. The number of carbonyl (C=O) groups excluding carboxylic acids is 1. The van der Waals surface area contributed by atoms with E-state index in [4.69, 9.17) is 0 Å². The first-order valence-electron chi connectivity index (χ1n) is 7.77. The lowest BCUT2D eigenvalue weighted by Gasteiger charge is -2.31. The molecule has 2 aromatic rings. The zero-order valence-electron chi connectivity index (χ0n) is 12.9. The Morgan fingerprint density at radius 1 is 1.32 bits per heavy atom. The van der Waals surface area contributed by atoms with Gasteiger partial charge in [-0.2, -0.15) is 5.10 Å². The maximum absolute atomic E-state index is 12.8. The van der Waals surface area contributed by atoms with Crippen LogP contribution < -0.4 is 5.32 Å². The molecule has 2 heterocycles. The van der Waals surface area contributed by atoms with Crippen molar-refractivity contribution in [2.75, 3.05) is 20.1 Å². The van der Waals surface area contributed by atoms with E-state index < -0.39 is 6.04 Å². The van der Waals surface area contributed by atoms with Gasteiger partial charge in [0, 0.05) is 25.0 Å². The summed E-state index contributed by atoms with van der Waals surface area (Å²) in [5, 5.41) is 7.46. The van der Waals surface area contributed by atoms with Gasteiger partial charge < -0.3 is 10.2 Å². The van der Waals surface area contributed by atoms with E-state index in [1.54, 1.807) is 10.9 Å².